The average molecular weight is 375 g/mol. The summed E-state index contributed by atoms with van der Waals surface area (Å²) in [5.74, 6) is 2.50. The van der Waals surface area contributed by atoms with Gasteiger partial charge in [-0.2, -0.15) is 0 Å². The molecule has 0 aliphatic heterocycles. The third-order valence-corrected chi connectivity index (χ3v) is 9.38. The smallest absolute Gasteiger partial charge is 0.0591 e. The van der Waals surface area contributed by atoms with E-state index < -0.39 is 0 Å². The number of allylic oxidation sites excluding steroid dienone is 1. The molecule has 3 saturated carbocycles. The molecule has 0 spiro atoms. The molecule has 8 atom stereocenters. The molecule has 27 heavy (non-hydrogen) atoms. The molecule has 3 fully saturated rings. The summed E-state index contributed by atoms with van der Waals surface area (Å²) < 4.78 is 0. The zero-order valence-electron chi connectivity index (χ0n) is 17.8. The number of aliphatic hydroxyl groups excluding tert-OH is 1. The van der Waals surface area contributed by atoms with E-state index >= 15 is 0 Å². The lowest BCUT2D eigenvalue weighted by Crippen LogP contribution is -2.51. The van der Waals surface area contributed by atoms with E-state index in [1.807, 2.05) is 6.92 Å². The second kappa shape index (κ2) is 6.59. The van der Waals surface area contributed by atoms with Crippen molar-refractivity contribution in [2.24, 2.45) is 39.7 Å². The highest BCUT2D eigenvalue weighted by molar-refractivity contribution is 5.85. The summed E-state index contributed by atoms with van der Waals surface area (Å²) in [6.07, 6.45) is 10.2. The van der Waals surface area contributed by atoms with Crippen LogP contribution in [-0.4, -0.2) is 47.2 Å². The molecule has 0 saturated heterocycles. The summed E-state index contributed by atoms with van der Waals surface area (Å²) in [4.78, 5) is 2.36. The predicted octanol–water partition coefficient (Wildman–Crippen LogP) is 4.32. The molecule has 0 aromatic heterocycles. The lowest BCUT2D eigenvalue weighted by Gasteiger charge is -2.58. The molecule has 0 heterocycles. The molecular formula is C23H38N2O2. The first-order chi connectivity index (χ1) is 12.7. The zero-order valence-corrected chi connectivity index (χ0v) is 17.8. The maximum absolute atomic E-state index is 10.2. The predicted molar refractivity (Wildman–Crippen MR) is 109 cm³/mol. The fraction of sp³-hybridized carbons (Fsp3) is 0.870. The van der Waals surface area contributed by atoms with E-state index in [2.05, 4.69) is 44.1 Å². The summed E-state index contributed by atoms with van der Waals surface area (Å²) in [6.45, 7) is 6.98. The highest BCUT2D eigenvalue weighted by atomic mass is 16.4. The molecule has 4 aliphatic carbocycles. The van der Waals surface area contributed by atoms with Crippen molar-refractivity contribution < 1.29 is 10.3 Å². The van der Waals surface area contributed by atoms with Crippen LogP contribution >= 0.6 is 0 Å². The molecular weight excluding hydrogens is 336 g/mol. The molecule has 4 nitrogen and oxygen atoms in total. The van der Waals surface area contributed by atoms with Crippen molar-refractivity contribution in [1.82, 2.24) is 4.90 Å². The monoisotopic (exact) mass is 374 g/mol. The molecule has 0 bridgehead atoms. The molecule has 0 aromatic rings. The minimum absolute atomic E-state index is 0.132. The van der Waals surface area contributed by atoms with Crippen LogP contribution in [0.5, 0.6) is 0 Å². The Hall–Kier alpha value is -0.870. The third-order valence-electron chi connectivity index (χ3n) is 9.38. The van der Waals surface area contributed by atoms with Crippen molar-refractivity contribution in [3.8, 4) is 0 Å². The SMILES string of the molecule is C/C(=N/O)C1C(N(C)C)CC2C3CC=C4CC(O)CCC4(C)C3CCC21C. The first-order valence-corrected chi connectivity index (χ1v) is 10.9. The Morgan fingerprint density at radius 2 is 1.93 bits per heavy atom. The molecule has 152 valence electrons. The van der Waals surface area contributed by atoms with Crippen LogP contribution in [0.3, 0.4) is 0 Å². The van der Waals surface area contributed by atoms with Gasteiger partial charge in [-0.05, 0) is 94.5 Å². The molecule has 2 N–H and O–H groups in total. The van der Waals surface area contributed by atoms with Gasteiger partial charge < -0.3 is 15.2 Å². The Bertz CT molecular complexity index is 657. The van der Waals surface area contributed by atoms with Crippen LogP contribution in [0.2, 0.25) is 0 Å². The van der Waals surface area contributed by atoms with E-state index in [9.17, 15) is 10.3 Å². The Kier molecular flexibility index (Phi) is 4.74. The second-order valence-electron chi connectivity index (χ2n) is 10.7. The van der Waals surface area contributed by atoms with Gasteiger partial charge >= 0.3 is 0 Å². The van der Waals surface area contributed by atoms with Gasteiger partial charge in [0.25, 0.3) is 0 Å². The van der Waals surface area contributed by atoms with Crippen molar-refractivity contribution in [1.29, 1.82) is 0 Å². The summed E-state index contributed by atoms with van der Waals surface area (Å²) in [5.41, 5.74) is 2.96. The van der Waals surface area contributed by atoms with Gasteiger partial charge in [-0.25, -0.2) is 0 Å². The molecule has 4 heteroatoms. The van der Waals surface area contributed by atoms with E-state index in [1.54, 1.807) is 0 Å². The van der Waals surface area contributed by atoms with Crippen LogP contribution in [0.1, 0.15) is 65.7 Å². The standard InChI is InChI=1S/C23H38N2O2/c1-14(24-27)21-20(25(4)5)13-19-17-7-6-15-12-16(26)8-10-22(15,2)18(17)9-11-23(19,21)3/h6,16-21,26-27H,7-13H2,1-5H3/b24-14-. The van der Waals surface area contributed by atoms with Crippen LogP contribution in [0, 0.1) is 34.5 Å². The minimum Gasteiger partial charge on any atom is -0.411 e. The fourth-order valence-electron chi connectivity index (χ4n) is 7.98. The summed E-state index contributed by atoms with van der Waals surface area (Å²) in [6, 6.07) is 0.459. The number of nitrogens with zero attached hydrogens (tertiary/aromatic N) is 2. The molecule has 0 radical (unpaired) electrons. The normalized spacial score (nSPS) is 50.0. The van der Waals surface area contributed by atoms with Gasteiger partial charge in [0, 0.05) is 12.0 Å². The number of oxime groups is 1. The topological polar surface area (TPSA) is 56.1 Å². The van der Waals surface area contributed by atoms with Crippen LogP contribution in [0.4, 0.5) is 0 Å². The first-order valence-electron chi connectivity index (χ1n) is 10.9. The van der Waals surface area contributed by atoms with E-state index in [0.29, 0.717) is 17.9 Å². The van der Waals surface area contributed by atoms with Crippen molar-refractivity contribution in [3.05, 3.63) is 11.6 Å². The van der Waals surface area contributed by atoms with Gasteiger partial charge in [0.05, 0.1) is 11.8 Å². The van der Waals surface area contributed by atoms with Crippen molar-refractivity contribution >= 4 is 5.71 Å². The number of aliphatic hydroxyl groups is 1. The maximum atomic E-state index is 10.2. The van der Waals surface area contributed by atoms with Crippen molar-refractivity contribution in [2.75, 3.05) is 14.1 Å². The number of hydrogen-bond acceptors (Lipinski definition) is 4. The lowest BCUT2D eigenvalue weighted by molar-refractivity contribution is -0.0427. The molecule has 0 amide bonds. The lowest BCUT2D eigenvalue weighted by atomic mass is 9.47. The molecule has 8 unspecified atom stereocenters. The Morgan fingerprint density at radius 1 is 1.19 bits per heavy atom. The Morgan fingerprint density at radius 3 is 2.59 bits per heavy atom. The van der Waals surface area contributed by atoms with Gasteiger partial charge in [0.2, 0.25) is 0 Å². The zero-order chi connectivity index (χ0) is 19.6. The number of fused-ring (bicyclic) bond motifs is 5. The minimum atomic E-state index is -0.132. The molecule has 4 aliphatic rings. The van der Waals surface area contributed by atoms with E-state index in [0.717, 1.165) is 36.8 Å². The molecule has 0 aromatic carbocycles. The number of hydrogen-bond donors (Lipinski definition) is 2. The van der Waals surface area contributed by atoms with Gasteiger partial charge in [0.1, 0.15) is 0 Å². The Balaban J connectivity index is 1.70. The summed E-state index contributed by atoms with van der Waals surface area (Å²) in [5, 5.41) is 23.5. The van der Waals surface area contributed by atoms with E-state index in [4.69, 9.17) is 0 Å². The van der Waals surface area contributed by atoms with Crippen molar-refractivity contribution in [3.63, 3.8) is 0 Å². The quantitative estimate of drug-likeness (QED) is 0.328. The number of rotatable bonds is 2. The van der Waals surface area contributed by atoms with Gasteiger partial charge in [0.15, 0.2) is 0 Å². The summed E-state index contributed by atoms with van der Waals surface area (Å²) >= 11 is 0. The van der Waals surface area contributed by atoms with Gasteiger partial charge in [-0.3, -0.25) is 0 Å². The highest BCUT2D eigenvalue weighted by Crippen LogP contribution is 2.66. The molecule has 4 rings (SSSR count). The second-order valence-corrected chi connectivity index (χ2v) is 10.7. The van der Waals surface area contributed by atoms with Crippen molar-refractivity contribution in [2.45, 2.75) is 77.9 Å². The van der Waals surface area contributed by atoms with Crippen LogP contribution in [0.15, 0.2) is 16.8 Å². The first kappa shape index (κ1) is 19.4. The Labute approximate surface area is 164 Å². The van der Waals surface area contributed by atoms with Gasteiger partial charge in [-0.1, -0.05) is 30.7 Å². The van der Waals surface area contributed by atoms with Crippen LogP contribution in [0.25, 0.3) is 0 Å². The fourth-order valence-corrected chi connectivity index (χ4v) is 7.98. The van der Waals surface area contributed by atoms with Crippen LogP contribution < -0.4 is 0 Å². The van der Waals surface area contributed by atoms with E-state index in [1.165, 1.54) is 31.3 Å². The third kappa shape index (κ3) is 2.73. The van der Waals surface area contributed by atoms with Crippen LogP contribution in [-0.2, 0) is 0 Å². The average Bonchev–Trinajstić information content (AvgIpc) is 2.95. The maximum Gasteiger partial charge on any atom is 0.0591 e. The van der Waals surface area contributed by atoms with E-state index in [-0.39, 0.29) is 16.9 Å². The highest BCUT2D eigenvalue weighted by Gasteiger charge is 2.62. The largest absolute Gasteiger partial charge is 0.411 e. The van der Waals surface area contributed by atoms with Gasteiger partial charge in [-0.15, -0.1) is 0 Å². The summed E-state index contributed by atoms with van der Waals surface area (Å²) in [7, 11) is 4.37.